The Morgan fingerprint density at radius 2 is 2.26 bits per heavy atom. The van der Waals surface area contributed by atoms with Gasteiger partial charge in [0.05, 0.1) is 12.7 Å². The van der Waals surface area contributed by atoms with Gasteiger partial charge in [0.1, 0.15) is 17.8 Å². The van der Waals surface area contributed by atoms with Crippen LogP contribution in [0.25, 0.3) is 0 Å². The first-order valence-corrected chi connectivity index (χ1v) is 6.71. The van der Waals surface area contributed by atoms with Gasteiger partial charge in [0.15, 0.2) is 0 Å². The van der Waals surface area contributed by atoms with Gasteiger partial charge in [0, 0.05) is 11.5 Å². The highest BCUT2D eigenvalue weighted by atomic mass is 16.5. The van der Waals surface area contributed by atoms with E-state index in [2.05, 4.69) is 0 Å². The topological polar surface area (TPSA) is 55.8 Å². The monoisotopic (exact) mass is 262 g/mol. The second-order valence-electron chi connectivity index (χ2n) is 5.28. The first kappa shape index (κ1) is 12.5. The fourth-order valence-corrected chi connectivity index (χ4v) is 3.02. The summed E-state index contributed by atoms with van der Waals surface area (Å²) in [6.07, 6.45) is -0.659. The van der Waals surface area contributed by atoms with Crippen molar-refractivity contribution in [2.75, 3.05) is 6.61 Å². The van der Waals surface area contributed by atoms with Crippen molar-refractivity contribution in [1.82, 2.24) is 0 Å². The normalized spacial score (nSPS) is 28.1. The highest BCUT2D eigenvalue weighted by Gasteiger charge is 2.64. The number of esters is 1. The summed E-state index contributed by atoms with van der Waals surface area (Å²) in [5.41, 5.74) is 2.91. The van der Waals surface area contributed by atoms with Crippen LogP contribution in [0.15, 0.2) is 12.1 Å². The minimum Gasteiger partial charge on any atom is -0.488 e. The van der Waals surface area contributed by atoms with Gasteiger partial charge in [0.2, 0.25) is 0 Å². The fraction of sp³-hybridized carbons (Fsp3) is 0.533. The molecule has 3 rings (SSSR count). The number of carbonyl (C=O) groups excluding carboxylic acids is 1. The lowest BCUT2D eigenvalue weighted by atomic mass is 9.95. The fourth-order valence-electron chi connectivity index (χ4n) is 3.02. The predicted octanol–water partition coefficient (Wildman–Crippen LogP) is 2.09. The molecule has 1 aromatic rings. The molecule has 1 aromatic carbocycles. The Bertz CT molecular complexity index is 535. The van der Waals surface area contributed by atoms with Gasteiger partial charge in [-0.1, -0.05) is 12.1 Å². The van der Waals surface area contributed by atoms with Crippen LogP contribution in [0.5, 0.6) is 5.75 Å². The van der Waals surface area contributed by atoms with E-state index in [1.54, 1.807) is 13.8 Å². The quantitative estimate of drug-likeness (QED) is 0.847. The Morgan fingerprint density at radius 3 is 2.89 bits per heavy atom. The maximum Gasteiger partial charge on any atom is 0.313 e. The van der Waals surface area contributed by atoms with E-state index in [1.807, 2.05) is 19.1 Å². The number of rotatable bonds is 3. The summed E-state index contributed by atoms with van der Waals surface area (Å²) < 4.78 is 10.9. The maximum atomic E-state index is 11.8. The van der Waals surface area contributed by atoms with Crippen molar-refractivity contribution in [3.63, 3.8) is 0 Å². The zero-order valence-electron chi connectivity index (χ0n) is 11.3. The standard InChI is InChI=1S/C15H18O4/c1-4-18-15(17)12-11-10-9(8(3)16)6-5-7(2)13(10)19-14(11)12/h5-6,8,11-12,14,16H,4H2,1-3H3/t8-,11?,12?,14?/m1/s1. The van der Waals surface area contributed by atoms with Crippen molar-refractivity contribution in [2.24, 2.45) is 5.92 Å². The summed E-state index contributed by atoms with van der Waals surface area (Å²) in [6, 6.07) is 3.87. The number of carbonyl (C=O) groups is 1. The lowest BCUT2D eigenvalue weighted by molar-refractivity contribution is -0.145. The van der Waals surface area contributed by atoms with Crippen molar-refractivity contribution in [3.05, 3.63) is 28.8 Å². The number of benzene rings is 1. The van der Waals surface area contributed by atoms with Crippen LogP contribution in [0.2, 0.25) is 0 Å². The highest BCUT2D eigenvalue weighted by Crippen LogP contribution is 2.61. The van der Waals surface area contributed by atoms with Gasteiger partial charge in [-0.15, -0.1) is 0 Å². The average molecular weight is 262 g/mol. The molecule has 0 amide bonds. The number of aryl methyl sites for hydroxylation is 1. The van der Waals surface area contributed by atoms with E-state index in [0.717, 1.165) is 22.4 Å². The Labute approximate surface area is 112 Å². The SMILES string of the molecule is CCOC(=O)C1C2Oc3c(C)ccc([C@@H](C)O)c3C21. The van der Waals surface area contributed by atoms with Crippen LogP contribution >= 0.6 is 0 Å². The second kappa shape index (κ2) is 4.23. The molecule has 2 aliphatic rings. The summed E-state index contributed by atoms with van der Waals surface area (Å²) in [5.74, 6) is 0.500. The summed E-state index contributed by atoms with van der Waals surface area (Å²) >= 11 is 0. The third kappa shape index (κ3) is 1.74. The Balaban J connectivity index is 1.96. The van der Waals surface area contributed by atoms with E-state index < -0.39 is 6.10 Å². The molecule has 0 bridgehead atoms. The zero-order chi connectivity index (χ0) is 13.7. The number of hydrogen-bond donors (Lipinski definition) is 1. The minimum absolute atomic E-state index is 0.0542. The van der Waals surface area contributed by atoms with Crippen LogP contribution in [-0.4, -0.2) is 23.8 Å². The molecular formula is C15H18O4. The van der Waals surface area contributed by atoms with Crippen LogP contribution in [-0.2, 0) is 9.53 Å². The van der Waals surface area contributed by atoms with E-state index in [-0.39, 0.29) is 23.9 Å². The molecule has 4 nitrogen and oxygen atoms in total. The van der Waals surface area contributed by atoms with Crippen molar-refractivity contribution in [3.8, 4) is 5.75 Å². The summed E-state index contributed by atoms with van der Waals surface area (Å²) in [5, 5.41) is 9.87. The third-order valence-electron chi connectivity index (χ3n) is 3.98. The molecule has 4 atom stereocenters. The molecule has 19 heavy (non-hydrogen) atoms. The Morgan fingerprint density at radius 1 is 1.53 bits per heavy atom. The molecule has 0 aromatic heterocycles. The highest BCUT2D eigenvalue weighted by molar-refractivity contribution is 5.81. The molecule has 0 saturated heterocycles. The Hall–Kier alpha value is -1.55. The first-order chi connectivity index (χ1) is 9.06. The number of fused-ring (bicyclic) bond motifs is 3. The molecule has 1 aliphatic carbocycles. The average Bonchev–Trinajstić information content (AvgIpc) is 2.93. The van der Waals surface area contributed by atoms with E-state index >= 15 is 0 Å². The molecule has 0 spiro atoms. The van der Waals surface area contributed by atoms with Gasteiger partial charge in [0.25, 0.3) is 0 Å². The van der Waals surface area contributed by atoms with Gasteiger partial charge >= 0.3 is 5.97 Å². The lowest BCUT2D eigenvalue weighted by Crippen LogP contribution is -2.14. The van der Waals surface area contributed by atoms with Crippen LogP contribution in [0.1, 0.15) is 42.6 Å². The van der Waals surface area contributed by atoms with Gasteiger partial charge in [-0.25, -0.2) is 0 Å². The lowest BCUT2D eigenvalue weighted by Gasteiger charge is -2.16. The second-order valence-corrected chi connectivity index (χ2v) is 5.28. The van der Waals surface area contributed by atoms with Crippen LogP contribution < -0.4 is 4.74 Å². The van der Waals surface area contributed by atoms with Crippen LogP contribution in [0.4, 0.5) is 0 Å². The summed E-state index contributed by atoms with van der Waals surface area (Å²) in [6.45, 7) is 5.91. The van der Waals surface area contributed by atoms with E-state index in [0.29, 0.717) is 6.61 Å². The number of aliphatic hydroxyl groups is 1. The van der Waals surface area contributed by atoms with Gasteiger partial charge in [-0.2, -0.15) is 0 Å². The van der Waals surface area contributed by atoms with E-state index in [9.17, 15) is 9.90 Å². The molecule has 1 fully saturated rings. The predicted molar refractivity (Wildman–Crippen MR) is 69.1 cm³/mol. The van der Waals surface area contributed by atoms with Gasteiger partial charge in [-0.3, -0.25) is 4.79 Å². The molecular weight excluding hydrogens is 244 g/mol. The van der Waals surface area contributed by atoms with Crippen molar-refractivity contribution in [2.45, 2.75) is 38.9 Å². The number of ether oxygens (including phenoxy) is 2. The summed E-state index contributed by atoms with van der Waals surface area (Å²) in [7, 11) is 0. The molecule has 1 saturated carbocycles. The zero-order valence-corrected chi connectivity index (χ0v) is 11.3. The van der Waals surface area contributed by atoms with Crippen molar-refractivity contribution in [1.29, 1.82) is 0 Å². The Kier molecular flexibility index (Phi) is 2.78. The molecule has 1 aliphatic heterocycles. The van der Waals surface area contributed by atoms with Crippen molar-refractivity contribution < 1.29 is 19.4 Å². The van der Waals surface area contributed by atoms with Crippen LogP contribution in [0, 0.1) is 12.8 Å². The number of aliphatic hydroxyl groups excluding tert-OH is 1. The van der Waals surface area contributed by atoms with Crippen molar-refractivity contribution >= 4 is 5.97 Å². The van der Waals surface area contributed by atoms with Gasteiger partial charge < -0.3 is 14.6 Å². The number of hydrogen-bond acceptors (Lipinski definition) is 4. The maximum absolute atomic E-state index is 11.8. The van der Waals surface area contributed by atoms with Gasteiger partial charge in [-0.05, 0) is 31.9 Å². The smallest absolute Gasteiger partial charge is 0.313 e. The minimum atomic E-state index is -0.555. The van der Waals surface area contributed by atoms with E-state index in [1.165, 1.54) is 0 Å². The van der Waals surface area contributed by atoms with E-state index in [4.69, 9.17) is 9.47 Å². The third-order valence-corrected chi connectivity index (χ3v) is 3.98. The molecule has 1 N–H and O–H groups in total. The first-order valence-electron chi connectivity index (χ1n) is 6.71. The molecule has 1 heterocycles. The molecule has 3 unspecified atom stereocenters. The largest absolute Gasteiger partial charge is 0.488 e. The van der Waals surface area contributed by atoms with Crippen LogP contribution in [0.3, 0.4) is 0 Å². The summed E-state index contributed by atoms with van der Waals surface area (Å²) in [4.78, 5) is 11.8. The molecule has 102 valence electrons. The molecule has 0 radical (unpaired) electrons. The molecule has 4 heteroatoms.